The van der Waals surface area contributed by atoms with Gasteiger partial charge in [0.25, 0.3) is 0 Å². The van der Waals surface area contributed by atoms with Crippen LogP contribution in [0.4, 0.5) is 32.0 Å². The summed E-state index contributed by atoms with van der Waals surface area (Å²) in [5, 5.41) is 0.923. The number of fused-ring (bicyclic) bond motifs is 2. The number of aromatic amines is 1. The average Bonchev–Trinajstić information content (AvgIpc) is 3.65. The lowest BCUT2D eigenvalue weighted by molar-refractivity contribution is -0.199. The van der Waals surface area contributed by atoms with Crippen LogP contribution in [0.15, 0.2) is 77.8 Å². The fraction of sp³-hybridized carbons (Fsp3) is 0.273. The molecular weight excluding hydrogens is 662 g/mol. The van der Waals surface area contributed by atoms with E-state index in [-0.39, 0.29) is 28.7 Å². The Kier molecular flexibility index (Phi) is 9.09. The fourth-order valence-corrected chi connectivity index (χ4v) is 6.52. The van der Waals surface area contributed by atoms with E-state index in [4.69, 9.17) is 9.57 Å². The predicted molar refractivity (Wildman–Crippen MR) is 169 cm³/mol. The molecule has 48 heavy (non-hydrogen) atoms. The Morgan fingerprint density at radius 3 is 2.21 bits per heavy atom. The minimum atomic E-state index is -5.38. The van der Waals surface area contributed by atoms with Crippen LogP contribution in [0.25, 0.3) is 32.9 Å². The van der Waals surface area contributed by atoms with Gasteiger partial charge in [0.05, 0.1) is 16.6 Å². The van der Waals surface area contributed by atoms with Crippen LogP contribution in [0.5, 0.6) is 5.75 Å². The Hall–Kier alpha value is -4.63. The average molecular weight is 691 g/mol. The van der Waals surface area contributed by atoms with Crippen LogP contribution >= 0.6 is 11.8 Å². The summed E-state index contributed by atoms with van der Waals surface area (Å²) >= 11 is 1.54. The number of nitrogens with one attached hydrogen (secondary N) is 1. The second kappa shape index (κ2) is 13.1. The number of hydrogen-bond donors (Lipinski definition) is 1. The maximum atomic E-state index is 13.5. The molecule has 1 fully saturated rings. The Morgan fingerprint density at radius 2 is 1.54 bits per heavy atom. The molecule has 8 nitrogen and oxygen atoms in total. The number of piperazine rings is 1. The summed E-state index contributed by atoms with van der Waals surface area (Å²) < 4.78 is 86.0. The van der Waals surface area contributed by atoms with E-state index >= 15 is 0 Å². The van der Waals surface area contributed by atoms with Gasteiger partial charge in [-0.1, -0.05) is 31.2 Å². The second-order valence-electron chi connectivity index (χ2n) is 11.0. The summed E-state index contributed by atoms with van der Waals surface area (Å²) in [5.74, 6) is -4.82. The number of rotatable bonds is 8. The molecule has 0 unspecified atom stereocenters. The van der Waals surface area contributed by atoms with Crippen molar-refractivity contribution >= 4 is 51.2 Å². The van der Waals surface area contributed by atoms with Crippen molar-refractivity contribution in [3.05, 3.63) is 78.6 Å². The van der Waals surface area contributed by atoms with Crippen LogP contribution in [0.1, 0.15) is 12.6 Å². The molecule has 0 saturated carbocycles. The summed E-state index contributed by atoms with van der Waals surface area (Å²) in [7, 11) is 0. The number of anilines is 1. The normalized spacial score (nSPS) is 14.5. The van der Waals surface area contributed by atoms with Gasteiger partial charge in [0.1, 0.15) is 5.75 Å². The molecule has 6 rings (SSSR count). The van der Waals surface area contributed by atoms with Crippen LogP contribution in [0, 0.1) is 0 Å². The molecular formula is C33H28F6N4O4S. The molecule has 0 bridgehead atoms. The molecule has 1 aliphatic heterocycles. The molecule has 0 spiro atoms. The number of H-pyrrole nitrogens is 1. The van der Waals surface area contributed by atoms with Gasteiger partial charge in [0.15, 0.2) is 0 Å². The third-order valence-electron chi connectivity index (χ3n) is 7.96. The lowest BCUT2D eigenvalue weighted by Crippen LogP contribution is -2.46. The monoisotopic (exact) mass is 690 g/mol. The topological polar surface area (TPSA) is 79.8 Å². The molecule has 15 heteroatoms. The SMILES string of the molecule is CCSc1ccc(-c2c(CN3CCN(c4cccc5[nH]ccc45)CC3)n(OC(=O)C(F)(F)F)c3cccc(OC(=O)C(F)(F)F)c23)cc1. The molecule has 1 saturated heterocycles. The van der Waals surface area contributed by atoms with E-state index in [1.54, 1.807) is 24.3 Å². The second-order valence-corrected chi connectivity index (χ2v) is 12.3. The highest BCUT2D eigenvalue weighted by Crippen LogP contribution is 2.42. The van der Waals surface area contributed by atoms with Crippen molar-refractivity contribution in [2.45, 2.75) is 30.7 Å². The van der Waals surface area contributed by atoms with Crippen molar-refractivity contribution in [3.63, 3.8) is 0 Å². The fourth-order valence-electron chi connectivity index (χ4n) is 5.86. The number of aromatic nitrogens is 2. The van der Waals surface area contributed by atoms with Crippen molar-refractivity contribution in [2.24, 2.45) is 0 Å². The zero-order valence-corrected chi connectivity index (χ0v) is 26.1. The van der Waals surface area contributed by atoms with Gasteiger partial charge in [0, 0.05) is 66.0 Å². The molecule has 252 valence electrons. The number of carbonyl (C=O) groups excluding carboxylic acids is 2. The number of esters is 1. The first-order valence-electron chi connectivity index (χ1n) is 14.9. The van der Waals surface area contributed by atoms with Crippen molar-refractivity contribution < 1.29 is 45.5 Å². The Labute approximate surface area is 274 Å². The number of thioether (sulfide) groups is 1. The van der Waals surface area contributed by atoms with Crippen LogP contribution in [0.3, 0.4) is 0 Å². The first-order chi connectivity index (χ1) is 22.8. The maximum absolute atomic E-state index is 13.5. The van der Waals surface area contributed by atoms with Crippen molar-refractivity contribution in [3.8, 4) is 16.9 Å². The van der Waals surface area contributed by atoms with Gasteiger partial charge in [-0.3, -0.25) is 4.90 Å². The Morgan fingerprint density at radius 1 is 0.854 bits per heavy atom. The highest BCUT2D eigenvalue weighted by molar-refractivity contribution is 7.99. The van der Waals surface area contributed by atoms with Crippen molar-refractivity contribution in [1.29, 1.82) is 0 Å². The van der Waals surface area contributed by atoms with Gasteiger partial charge in [-0.15, -0.1) is 11.8 Å². The smallest absolute Gasteiger partial charge is 0.419 e. The van der Waals surface area contributed by atoms with E-state index in [9.17, 15) is 35.9 Å². The van der Waals surface area contributed by atoms with Gasteiger partial charge in [-0.2, -0.15) is 31.1 Å². The third-order valence-corrected chi connectivity index (χ3v) is 8.85. The molecule has 0 aliphatic carbocycles. The van der Waals surface area contributed by atoms with Crippen LogP contribution in [-0.2, 0) is 16.1 Å². The van der Waals surface area contributed by atoms with Crippen LogP contribution in [0.2, 0.25) is 0 Å². The molecule has 0 radical (unpaired) electrons. The van der Waals surface area contributed by atoms with E-state index in [0.29, 0.717) is 36.5 Å². The van der Waals surface area contributed by atoms with Crippen molar-refractivity contribution in [2.75, 3.05) is 36.8 Å². The summed E-state index contributed by atoms with van der Waals surface area (Å²) in [5.41, 5.74) is 2.44. The van der Waals surface area contributed by atoms with E-state index < -0.39 is 30.0 Å². The molecule has 3 heterocycles. The summed E-state index contributed by atoms with van der Waals surface area (Å²) in [6.07, 6.45) is -8.88. The minimum Gasteiger partial charge on any atom is -0.419 e. The first-order valence-corrected chi connectivity index (χ1v) is 15.8. The zero-order chi connectivity index (χ0) is 34.2. The first kappa shape index (κ1) is 33.3. The summed E-state index contributed by atoms with van der Waals surface area (Å²) in [4.78, 5) is 37.3. The minimum absolute atomic E-state index is 0.0462. The van der Waals surface area contributed by atoms with E-state index in [0.717, 1.165) is 33.3 Å². The largest absolute Gasteiger partial charge is 0.493 e. The van der Waals surface area contributed by atoms with Crippen LogP contribution in [-0.4, -0.2) is 70.8 Å². The molecule has 5 aromatic rings. The third kappa shape index (κ3) is 6.69. The van der Waals surface area contributed by atoms with E-state index in [1.807, 2.05) is 42.3 Å². The molecule has 2 aromatic heterocycles. The number of ether oxygens (including phenoxy) is 1. The summed E-state index contributed by atoms with van der Waals surface area (Å²) in [6.45, 7) is 3.93. The van der Waals surface area contributed by atoms with Crippen LogP contribution < -0.4 is 14.5 Å². The number of nitrogens with zero attached hydrogens (tertiary/aromatic N) is 3. The lowest BCUT2D eigenvalue weighted by atomic mass is 10.0. The molecule has 1 N–H and O–H groups in total. The number of hydrogen-bond acceptors (Lipinski definition) is 7. The van der Waals surface area contributed by atoms with Gasteiger partial charge in [0.2, 0.25) is 0 Å². The highest BCUT2D eigenvalue weighted by Gasteiger charge is 2.44. The van der Waals surface area contributed by atoms with E-state index in [1.165, 1.54) is 23.9 Å². The van der Waals surface area contributed by atoms with Gasteiger partial charge in [-0.25, -0.2) is 9.59 Å². The zero-order valence-electron chi connectivity index (χ0n) is 25.3. The molecule has 1 aliphatic rings. The molecule has 0 amide bonds. The van der Waals surface area contributed by atoms with Crippen molar-refractivity contribution in [1.82, 2.24) is 14.6 Å². The number of halogens is 6. The highest BCUT2D eigenvalue weighted by atomic mass is 32.2. The Balaban J connectivity index is 1.45. The standard InChI is InChI=1S/C33H28F6N4O4S/c1-2-48-21-11-9-20(10-12-21)28-26(19-41-15-17-42(18-16-41)24-6-3-5-23-22(24)13-14-40-23)43(47-31(45)33(37,38)39)25-7-4-8-27(29(25)28)46-30(44)32(34,35)36/h3-14,40H,2,15-19H2,1H3. The van der Waals surface area contributed by atoms with Gasteiger partial charge in [-0.05, 0) is 53.8 Å². The maximum Gasteiger partial charge on any atom is 0.493 e. The number of alkyl halides is 6. The lowest BCUT2D eigenvalue weighted by Gasteiger charge is -2.36. The number of carbonyl (C=O) groups is 2. The molecule has 3 aromatic carbocycles. The summed E-state index contributed by atoms with van der Waals surface area (Å²) in [6, 6.07) is 18.4. The van der Waals surface area contributed by atoms with Gasteiger partial charge < -0.3 is 19.5 Å². The quantitative estimate of drug-likeness (QED) is 0.0798. The van der Waals surface area contributed by atoms with Gasteiger partial charge >= 0.3 is 24.3 Å². The Bertz CT molecular complexity index is 1960. The molecule has 0 atom stereocenters. The van der Waals surface area contributed by atoms with E-state index in [2.05, 4.69) is 9.88 Å². The predicted octanol–water partition coefficient (Wildman–Crippen LogP) is 7.21. The number of benzene rings is 3.